The number of hydrogen-bond acceptors (Lipinski definition) is 4. The van der Waals surface area contributed by atoms with E-state index in [2.05, 4.69) is 0 Å². The van der Waals surface area contributed by atoms with E-state index in [1.165, 1.54) is 0 Å². The lowest BCUT2D eigenvalue weighted by atomic mass is 10.1. The number of hydrogen-bond donors (Lipinski definition) is 1. The highest BCUT2D eigenvalue weighted by Crippen LogP contribution is 2.18. The molecule has 19 heavy (non-hydrogen) atoms. The molecule has 0 radical (unpaired) electrons. The summed E-state index contributed by atoms with van der Waals surface area (Å²) in [5, 5.41) is 9.59. The van der Waals surface area contributed by atoms with Gasteiger partial charge in [-0.05, 0) is 37.3 Å². The molecule has 1 saturated heterocycles. The van der Waals surface area contributed by atoms with Gasteiger partial charge in [-0.3, -0.25) is 4.79 Å². The molecular weight excluding hydrogens is 244 g/mol. The first-order valence-corrected chi connectivity index (χ1v) is 6.80. The van der Waals surface area contributed by atoms with Crippen molar-refractivity contribution in [1.82, 2.24) is 0 Å². The van der Waals surface area contributed by atoms with E-state index < -0.39 is 0 Å². The Morgan fingerprint density at radius 2 is 2.21 bits per heavy atom. The monoisotopic (exact) mass is 264 g/mol. The van der Waals surface area contributed by atoms with Crippen LogP contribution in [0.25, 0.3) is 0 Å². The zero-order valence-corrected chi connectivity index (χ0v) is 11.0. The van der Waals surface area contributed by atoms with Gasteiger partial charge in [0.15, 0.2) is 0 Å². The third-order valence-corrected chi connectivity index (χ3v) is 3.29. The van der Waals surface area contributed by atoms with E-state index in [1.807, 2.05) is 12.1 Å². The minimum absolute atomic E-state index is 0.0582. The number of carbonyl (C=O) groups excluding carboxylic acids is 1. The maximum absolute atomic E-state index is 11.6. The Morgan fingerprint density at radius 3 is 2.95 bits per heavy atom. The molecule has 1 aliphatic rings. The summed E-state index contributed by atoms with van der Waals surface area (Å²) in [6, 6.07) is 7.04. The average Bonchev–Trinajstić information content (AvgIpc) is 2.45. The Labute approximate surface area is 113 Å². The number of ether oxygens (including phenoxy) is 2. The Bertz CT molecular complexity index is 410. The molecule has 0 amide bonds. The number of para-hydroxylation sites is 1. The third kappa shape index (κ3) is 4.56. The molecule has 0 aliphatic carbocycles. The van der Waals surface area contributed by atoms with Gasteiger partial charge in [0.1, 0.15) is 12.4 Å². The van der Waals surface area contributed by atoms with Gasteiger partial charge in [-0.1, -0.05) is 18.2 Å². The normalized spacial score (nSPS) is 19.1. The molecule has 0 saturated carbocycles. The molecule has 0 spiro atoms. The molecule has 1 aromatic carbocycles. The van der Waals surface area contributed by atoms with Crippen LogP contribution in [-0.4, -0.2) is 30.4 Å². The summed E-state index contributed by atoms with van der Waals surface area (Å²) in [7, 11) is 0. The number of aryl methyl sites for hydroxylation is 1. The summed E-state index contributed by atoms with van der Waals surface area (Å²) in [4.78, 5) is 11.6. The second-order valence-electron chi connectivity index (χ2n) is 4.80. The van der Waals surface area contributed by atoms with Crippen molar-refractivity contribution < 1.29 is 19.4 Å². The van der Waals surface area contributed by atoms with Gasteiger partial charge in [-0.15, -0.1) is 0 Å². The average molecular weight is 264 g/mol. The highest BCUT2D eigenvalue weighted by molar-refractivity contribution is 5.69. The molecule has 0 bridgehead atoms. The van der Waals surface area contributed by atoms with E-state index in [4.69, 9.17) is 9.47 Å². The van der Waals surface area contributed by atoms with Gasteiger partial charge in [0.25, 0.3) is 0 Å². The lowest BCUT2D eigenvalue weighted by molar-refractivity contribution is -0.149. The van der Waals surface area contributed by atoms with E-state index in [9.17, 15) is 9.90 Å². The summed E-state index contributed by atoms with van der Waals surface area (Å²) in [6.45, 7) is 1.11. The predicted octanol–water partition coefficient (Wildman–Crippen LogP) is 2.44. The van der Waals surface area contributed by atoms with Crippen LogP contribution in [0.4, 0.5) is 0 Å². The van der Waals surface area contributed by atoms with E-state index >= 15 is 0 Å². The van der Waals surface area contributed by atoms with Crippen LogP contribution in [-0.2, 0) is 20.7 Å². The van der Waals surface area contributed by atoms with Crippen molar-refractivity contribution in [3.63, 3.8) is 0 Å². The summed E-state index contributed by atoms with van der Waals surface area (Å²) >= 11 is 0. The Hall–Kier alpha value is -1.55. The summed E-state index contributed by atoms with van der Waals surface area (Å²) in [5.74, 6) is -0.0108. The molecule has 104 valence electrons. The number of benzene rings is 1. The SMILES string of the molecule is O=C(CCc1ccccc1O)OC[C@@H]1CCCCO1. The fourth-order valence-corrected chi connectivity index (χ4v) is 2.16. The van der Waals surface area contributed by atoms with Crippen LogP contribution in [0.1, 0.15) is 31.2 Å². The minimum Gasteiger partial charge on any atom is -0.508 e. The number of phenolic OH excluding ortho intramolecular Hbond substituents is 1. The quantitative estimate of drug-likeness (QED) is 0.830. The molecule has 1 aromatic rings. The molecule has 1 aliphatic heterocycles. The van der Waals surface area contributed by atoms with Gasteiger partial charge in [0.2, 0.25) is 0 Å². The van der Waals surface area contributed by atoms with Gasteiger partial charge >= 0.3 is 5.97 Å². The molecule has 1 atom stereocenters. The highest BCUT2D eigenvalue weighted by atomic mass is 16.6. The number of esters is 1. The lowest BCUT2D eigenvalue weighted by Crippen LogP contribution is -2.26. The number of carbonyl (C=O) groups is 1. The molecule has 0 aromatic heterocycles. The van der Waals surface area contributed by atoms with E-state index in [1.54, 1.807) is 12.1 Å². The fraction of sp³-hybridized carbons (Fsp3) is 0.533. The van der Waals surface area contributed by atoms with Crippen LogP contribution < -0.4 is 0 Å². The zero-order valence-electron chi connectivity index (χ0n) is 11.0. The molecule has 2 rings (SSSR count). The minimum atomic E-state index is -0.238. The maximum atomic E-state index is 11.6. The van der Waals surface area contributed by atoms with Crippen LogP contribution in [0.2, 0.25) is 0 Å². The number of rotatable bonds is 5. The first-order valence-electron chi connectivity index (χ1n) is 6.80. The van der Waals surface area contributed by atoms with Crippen molar-refractivity contribution in [2.45, 2.75) is 38.2 Å². The summed E-state index contributed by atoms with van der Waals surface area (Å²) in [6.07, 6.45) is 4.04. The van der Waals surface area contributed by atoms with Gasteiger partial charge in [-0.2, -0.15) is 0 Å². The Kier molecular flexibility index (Phi) is 5.21. The first-order chi connectivity index (χ1) is 9.25. The zero-order chi connectivity index (χ0) is 13.5. The standard InChI is InChI=1S/C15H20O4/c16-14-7-2-1-5-12(14)8-9-15(17)19-11-13-6-3-4-10-18-13/h1-2,5,7,13,16H,3-4,6,8-11H2/t13-/m0/s1. The predicted molar refractivity (Wildman–Crippen MR) is 71.0 cm³/mol. The van der Waals surface area contributed by atoms with Gasteiger partial charge < -0.3 is 14.6 Å². The second-order valence-corrected chi connectivity index (χ2v) is 4.80. The number of phenols is 1. The summed E-state index contributed by atoms with van der Waals surface area (Å²) < 4.78 is 10.7. The van der Waals surface area contributed by atoms with Crippen molar-refractivity contribution in [3.05, 3.63) is 29.8 Å². The van der Waals surface area contributed by atoms with Crippen molar-refractivity contribution in [3.8, 4) is 5.75 Å². The van der Waals surface area contributed by atoms with Crippen molar-refractivity contribution in [1.29, 1.82) is 0 Å². The molecule has 4 nitrogen and oxygen atoms in total. The molecule has 1 N–H and O–H groups in total. The van der Waals surface area contributed by atoms with E-state index in [0.717, 1.165) is 31.4 Å². The van der Waals surface area contributed by atoms with Crippen LogP contribution in [0.3, 0.4) is 0 Å². The summed E-state index contributed by atoms with van der Waals surface area (Å²) in [5.41, 5.74) is 0.772. The largest absolute Gasteiger partial charge is 0.508 e. The van der Waals surface area contributed by atoms with Crippen molar-refractivity contribution in [2.24, 2.45) is 0 Å². The fourth-order valence-electron chi connectivity index (χ4n) is 2.16. The Balaban J connectivity index is 1.68. The highest BCUT2D eigenvalue weighted by Gasteiger charge is 2.16. The van der Waals surface area contributed by atoms with Gasteiger partial charge in [0, 0.05) is 13.0 Å². The Morgan fingerprint density at radius 1 is 1.37 bits per heavy atom. The molecule has 1 heterocycles. The first kappa shape index (κ1) is 13.9. The third-order valence-electron chi connectivity index (χ3n) is 3.29. The molecule has 4 heteroatoms. The number of aromatic hydroxyl groups is 1. The van der Waals surface area contributed by atoms with E-state index in [-0.39, 0.29) is 24.2 Å². The van der Waals surface area contributed by atoms with Crippen LogP contribution in [0.5, 0.6) is 5.75 Å². The molecule has 1 fully saturated rings. The van der Waals surface area contributed by atoms with Gasteiger partial charge in [-0.25, -0.2) is 0 Å². The second kappa shape index (κ2) is 7.14. The van der Waals surface area contributed by atoms with Crippen LogP contribution in [0.15, 0.2) is 24.3 Å². The molecular formula is C15H20O4. The maximum Gasteiger partial charge on any atom is 0.306 e. The topological polar surface area (TPSA) is 55.8 Å². The van der Waals surface area contributed by atoms with Crippen LogP contribution in [0, 0.1) is 0 Å². The van der Waals surface area contributed by atoms with Gasteiger partial charge in [0.05, 0.1) is 6.10 Å². The molecule has 0 unspecified atom stereocenters. The lowest BCUT2D eigenvalue weighted by Gasteiger charge is -2.22. The smallest absolute Gasteiger partial charge is 0.306 e. The van der Waals surface area contributed by atoms with Crippen LogP contribution >= 0.6 is 0 Å². The van der Waals surface area contributed by atoms with E-state index in [0.29, 0.717) is 13.0 Å². The van der Waals surface area contributed by atoms with Crippen molar-refractivity contribution in [2.75, 3.05) is 13.2 Å². The van der Waals surface area contributed by atoms with Crippen molar-refractivity contribution >= 4 is 5.97 Å².